The number of urea groups is 1. The van der Waals surface area contributed by atoms with Crippen molar-refractivity contribution in [3.05, 3.63) is 0 Å². The molecule has 118 valence electrons. The van der Waals surface area contributed by atoms with E-state index in [9.17, 15) is 9.59 Å². The van der Waals surface area contributed by atoms with Gasteiger partial charge in [0.25, 0.3) is 0 Å². The lowest BCUT2D eigenvalue weighted by Gasteiger charge is -2.24. The van der Waals surface area contributed by atoms with E-state index in [1.54, 1.807) is 11.8 Å². The van der Waals surface area contributed by atoms with Crippen LogP contribution in [0.2, 0.25) is 0 Å². The SMILES string of the molecule is CCN(CC)CC(C)NC(=O)N[C@@H](CCSC)C(=O)O. The Hall–Kier alpha value is -0.950. The van der Waals surface area contributed by atoms with Crippen molar-refractivity contribution in [1.29, 1.82) is 0 Å². The van der Waals surface area contributed by atoms with E-state index >= 15 is 0 Å². The zero-order valence-corrected chi connectivity index (χ0v) is 13.6. The van der Waals surface area contributed by atoms with Crippen LogP contribution in [0.1, 0.15) is 27.2 Å². The van der Waals surface area contributed by atoms with Crippen LogP contribution in [0, 0.1) is 0 Å². The molecule has 0 aliphatic rings. The van der Waals surface area contributed by atoms with Gasteiger partial charge in [0.05, 0.1) is 0 Å². The minimum absolute atomic E-state index is 0.0232. The first-order valence-electron chi connectivity index (χ1n) is 6.95. The van der Waals surface area contributed by atoms with Crippen LogP contribution < -0.4 is 10.6 Å². The number of hydrogen-bond acceptors (Lipinski definition) is 4. The highest BCUT2D eigenvalue weighted by Gasteiger charge is 2.20. The van der Waals surface area contributed by atoms with Gasteiger partial charge in [0.1, 0.15) is 6.04 Å². The molecule has 7 heteroatoms. The summed E-state index contributed by atoms with van der Waals surface area (Å²) in [5.74, 6) is -0.294. The molecule has 0 saturated carbocycles. The number of carboxylic acid groups (broad SMARTS) is 1. The second kappa shape index (κ2) is 10.8. The number of carboxylic acids is 1. The summed E-state index contributed by atoms with van der Waals surface area (Å²) in [7, 11) is 0. The van der Waals surface area contributed by atoms with E-state index in [1.807, 2.05) is 13.2 Å². The van der Waals surface area contributed by atoms with Gasteiger partial charge in [-0.3, -0.25) is 0 Å². The Labute approximate surface area is 125 Å². The lowest BCUT2D eigenvalue weighted by Crippen LogP contribution is -2.51. The monoisotopic (exact) mass is 305 g/mol. The Balaban J connectivity index is 4.20. The molecule has 0 fully saturated rings. The lowest BCUT2D eigenvalue weighted by molar-refractivity contribution is -0.139. The maximum Gasteiger partial charge on any atom is 0.326 e. The Kier molecular flexibility index (Phi) is 10.3. The first kappa shape index (κ1) is 19.1. The largest absolute Gasteiger partial charge is 0.480 e. The molecule has 0 bridgehead atoms. The van der Waals surface area contributed by atoms with Gasteiger partial charge in [-0.25, -0.2) is 9.59 Å². The number of likely N-dealkylation sites (N-methyl/N-ethyl adjacent to an activating group) is 1. The van der Waals surface area contributed by atoms with Gasteiger partial charge in [-0.1, -0.05) is 13.8 Å². The molecule has 0 heterocycles. The predicted octanol–water partition coefficient (Wildman–Crippen LogP) is 1.22. The van der Waals surface area contributed by atoms with Crippen molar-refractivity contribution in [2.75, 3.05) is 31.6 Å². The highest BCUT2D eigenvalue weighted by molar-refractivity contribution is 7.98. The number of carbonyl (C=O) groups excluding carboxylic acids is 1. The van der Waals surface area contributed by atoms with Gasteiger partial charge in [-0.15, -0.1) is 0 Å². The van der Waals surface area contributed by atoms with Gasteiger partial charge >= 0.3 is 12.0 Å². The summed E-state index contributed by atoms with van der Waals surface area (Å²) in [6.45, 7) is 8.65. The Morgan fingerprint density at radius 3 is 2.30 bits per heavy atom. The third-order valence-electron chi connectivity index (χ3n) is 3.02. The van der Waals surface area contributed by atoms with Crippen LogP contribution in [0.15, 0.2) is 0 Å². The number of nitrogens with one attached hydrogen (secondary N) is 2. The topological polar surface area (TPSA) is 81.7 Å². The summed E-state index contributed by atoms with van der Waals surface area (Å²) in [5.41, 5.74) is 0. The van der Waals surface area contributed by atoms with E-state index in [0.717, 1.165) is 19.6 Å². The quantitative estimate of drug-likeness (QED) is 0.565. The number of rotatable bonds is 10. The second-order valence-electron chi connectivity index (χ2n) is 4.68. The summed E-state index contributed by atoms with van der Waals surface area (Å²) < 4.78 is 0. The molecule has 2 amide bonds. The molecule has 0 aliphatic heterocycles. The Morgan fingerprint density at radius 2 is 1.85 bits per heavy atom. The molecule has 0 aliphatic carbocycles. The Morgan fingerprint density at radius 1 is 1.25 bits per heavy atom. The van der Waals surface area contributed by atoms with Crippen molar-refractivity contribution in [2.24, 2.45) is 0 Å². The third-order valence-corrected chi connectivity index (χ3v) is 3.66. The summed E-state index contributed by atoms with van der Waals surface area (Å²) in [6, 6.07) is -1.27. The average Bonchev–Trinajstić information content (AvgIpc) is 2.40. The second-order valence-corrected chi connectivity index (χ2v) is 5.66. The van der Waals surface area contributed by atoms with Crippen molar-refractivity contribution in [3.8, 4) is 0 Å². The molecule has 20 heavy (non-hydrogen) atoms. The molecule has 0 aromatic heterocycles. The van der Waals surface area contributed by atoms with Crippen LogP contribution in [0.5, 0.6) is 0 Å². The summed E-state index contributed by atoms with van der Waals surface area (Å²) in [5, 5.41) is 14.3. The van der Waals surface area contributed by atoms with Crippen LogP contribution in [-0.2, 0) is 4.79 Å². The fourth-order valence-electron chi connectivity index (χ4n) is 1.83. The van der Waals surface area contributed by atoms with Crippen molar-refractivity contribution in [2.45, 2.75) is 39.3 Å². The van der Waals surface area contributed by atoms with Gasteiger partial charge in [-0.2, -0.15) is 11.8 Å². The number of nitrogens with zero attached hydrogens (tertiary/aromatic N) is 1. The molecule has 0 aromatic carbocycles. The van der Waals surface area contributed by atoms with E-state index in [0.29, 0.717) is 12.2 Å². The molecular formula is C13H27N3O3S. The number of aliphatic carboxylic acids is 1. The number of thioether (sulfide) groups is 1. The van der Waals surface area contributed by atoms with Gasteiger partial charge in [0.15, 0.2) is 0 Å². The van der Waals surface area contributed by atoms with Gasteiger partial charge in [0.2, 0.25) is 0 Å². The normalized spacial score (nSPS) is 13.8. The molecule has 6 nitrogen and oxygen atoms in total. The zero-order chi connectivity index (χ0) is 15.5. The predicted molar refractivity (Wildman–Crippen MR) is 83.3 cm³/mol. The minimum atomic E-state index is -0.995. The maximum atomic E-state index is 11.8. The van der Waals surface area contributed by atoms with E-state index in [1.165, 1.54) is 0 Å². The highest BCUT2D eigenvalue weighted by Crippen LogP contribution is 2.01. The fourth-order valence-corrected chi connectivity index (χ4v) is 2.30. The van der Waals surface area contributed by atoms with Gasteiger partial charge in [-0.05, 0) is 38.4 Å². The third kappa shape index (κ3) is 8.27. The van der Waals surface area contributed by atoms with Gasteiger partial charge in [0, 0.05) is 12.6 Å². The molecule has 0 rings (SSSR count). The van der Waals surface area contributed by atoms with Crippen molar-refractivity contribution < 1.29 is 14.7 Å². The van der Waals surface area contributed by atoms with Crippen molar-refractivity contribution in [3.63, 3.8) is 0 Å². The smallest absolute Gasteiger partial charge is 0.326 e. The molecule has 0 saturated heterocycles. The van der Waals surface area contributed by atoms with Crippen molar-refractivity contribution in [1.82, 2.24) is 15.5 Å². The number of carbonyl (C=O) groups is 2. The van der Waals surface area contributed by atoms with Crippen LogP contribution in [0.4, 0.5) is 4.79 Å². The Bertz CT molecular complexity index is 299. The molecule has 2 atom stereocenters. The molecule has 0 radical (unpaired) electrons. The summed E-state index contributed by atoms with van der Waals surface area (Å²) in [4.78, 5) is 25.0. The summed E-state index contributed by atoms with van der Waals surface area (Å²) >= 11 is 1.56. The van der Waals surface area contributed by atoms with Crippen LogP contribution in [-0.4, -0.2) is 65.7 Å². The van der Waals surface area contributed by atoms with E-state index in [4.69, 9.17) is 5.11 Å². The summed E-state index contributed by atoms with van der Waals surface area (Å²) in [6.07, 6.45) is 2.33. The van der Waals surface area contributed by atoms with Crippen LogP contribution in [0.25, 0.3) is 0 Å². The van der Waals surface area contributed by atoms with Crippen LogP contribution in [0.3, 0.4) is 0 Å². The lowest BCUT2D eigenvalue weighted by atomic mass is 10.2. The average molecular weight is 305 g/mol. The van der Waals surface area contributed by atoms with E-state index < -0.39 is 18.0 Å². The van der Waals surface area contributed by atoms with Crippen LogP contribution >= 0.6 is 11.8 Å². The first-order chi connectivity index (χ1) is 9.44. The fraction of sp³-hybridized carbons (Fsp3) is 0.846. The van der Waals surface area contributed by atoms with Crippen molar-refractivity contribution >= 4 is 23.8 Å². The van der Waals surface area contributed by atoms with Gasteiger partial charge < -0.3 is 20.6 Å². The highest BCUT2D eigenvalue weighted by atomic mass is 32.2. The zero-order valence-electron chi connectivity index (χ0n) is 12.8. The molecular weight excluding hydrogens is 278 g/mol. The maximum absolute atomic E-state index is 11.8. The number of amides is 2. The van der Waals surface area contributed by atoms with E-state index in [-0.39, 0.29) is 6.04 Å². The molecule has 0 spiro atoms. The molecule has 0 aromatic rings. The first-order valence-corrected chi connectivity index (χ1v) is 8.35. The standard InChI is InChI=1S/C13H27N3O3S/c1-5-16(6-2)9-10(3)14-13(19)15-11(12(17)18)7-8-20-4/h10-11H,5-9H2,1-4H3,(H,17,18)(H2,14,15,19)/t10?,11-/m0/s1. The van der Waals surface area contributed by atoms with E-state index in [2.05, 4.69) is 29.4 Å². The molecule has 1 unspecified atom stereocenters. The minimum Gasteiger partial charge on any atom is -0.480 e. The molecule has 3 N–H and O–H groups in total. The number of hydrogen-bond donors (Lipinski definition) is 3.